The highest BCUT2D eigenvalue weighted by molar-refractivity contribution is 9.10. The minimum Gasteiger partial charge on any atom is -0.480 e. The van der Waals surface area contributed by atoms with Crippen LogP contribution in [-0.4, -0.2) is 17.1 Å². The largest absolute Gasteiger partial charge is 0.480 e. The molecule has 0 amide bonds. The van der Waals surface area contributed by atoms with Crippen LogP contribution in [0.2, 0.25) is 0 Å². The Bertz CT molecular complexity index is 609. The molecule has 19 heavy (non-hydrogen) atoms. The molecular formula is C14H13BrN2OS. The first-order valence-corrected chi connectivity index (χ1v) is 7.73. The maximum atomic E-state index is 5.19. The van der Waals surface area contributed by atoms with Gasteiger partial charge in [0.15, 0.2) is 5.16 Å². The Balaban J connectivity index is 1.85. The number of nitrogens with zero attached hydrogens (tertiary/aromatic N) is 2. The molecule has 2 aromatic rings. The highest BCUT2D eigenvalue weighted by Gasteiger charge is 2.12. The maximum Gasteiger partial charge on any atom is 0.231 e. The number of aryl methyl sites for hydroxylation is 2. The quantitative estimate of drug-likeness (QED) is 0.796. The summed E-state index contributed by atoms with van der Waals surface area (Å²) in [5.41, 5.74) is 2.95. The number of hydrogen-bond donors (Lipinski definition) is 0. The highest BCUT2D eigenvalue weighted by Crippen LogP contribution is 2.32. The number of benzene rings is 1. The van der Waals surface area contributed by atoms with Crippen LogP contribution < -0.4 is 4.74 Å². The van der Waals surface area contributed by atoms with E-state index in [0.29, 0.717) is 11.0 Å². The summed E-state index contributed by atoms with van der Waals surface area (Å²) in [6, 6.07) is 6.62. The van der Waals surface area contributed by atoms with Crippen molar-refractivity contribution in [2.75, 3.05) is 7.11 Å². The number of ether oxygens (including phenoxy) is 1. The predicted octanol–water partition coefficient (Wildman–Crippen LogP) is 3.89. The standard InChI is InChI=1S/C14H13BrN2OS/c1-18-13-12(15)8-16-14(17-13)19-11-6-5-9-3-2-4-10(9)7-11/h5-8H,2-4H2,1H3. The predicted molar refractivity (Wildman–Crippen MR) is 78.9 cm³/mol. The van der Waals surface area contributed by atoms with E-state index in [-0.39, 0.29) is 0 Å². The molecule has 3 nitrogen and oxygen atoms in total. The zero-order chi connectivity index (χ0) is 13.2. The van der Waals surface area contributed by atoms with Crippen LogP contribution in [0.25, 0.3) is 0 Å². The van der Waals surface area contributed by atoms with E-state index < -0.39 is 0 Å². The summed E-state index contributed by atoms with van der Waals surface area (Å²) in [5, 5.41) is 0.706. The van der Waals surface area contributed by atoms with Crippen molar-refractivity contribution in [1.82, 2.24) is 9.97 Å². The van der Waals surface area contributed by atoms with E-state index in [1.165, 1.54) is 35.3 Å². The molecule has 0 aliphatic heterocycles. The second-order valence-electron chi connectivity index (χ2n) is 4.40. The zero-order valence-electron chi connectivity index (χ0n) is 10.5. The third-order valence-electron chi connectivity index (χ3n) is 3.16. The molecule has 3 rings (SSSR count). The van der Waals surface area contributed by atoms with Crippen LogP contribution in [0.1, 0.15) is 17.5 Å². The van der Waals surface area contributed by atoms with E-state index in [1.807, 2.05) is 0 Å². The SMILES string of the molecule is COc1nc(Sc2ccc3c(c2)CCC3)ncc1Br. The lowest BCUT2D eigenvalue weighted by atomic mass is 10.1. The van der Waals surface area contributed by atoms with Crippen LogP contribution in [0.15, 0.2) is 38.9 Å². The smallest absolute Gasteiger partial charge is 0.231 e. The van der Waals surface area contributed by atoms with Gasteiger partial charge in [-0.2, -0.15) is 4.98 Å². The minimum absolute atomic E-state index is 0.568. The van der Waals surface area contributed by atoms with Crippen LogP contribution in [-0.2, 0) is 12.8 Å². The summed E-state index contributed by atoms with van der Waals surface area (Å²) >= 11 is 4.93. The number of rotatable bonds is 3. The van der Waals surface area contributed by atoms with E-state index in [1.54, 1.807) is 25.1 Å². The first-order valence-electron chi connectivity index (χ1n) is 6.12. The third-order valence-corrected chi connectivity index (χ3v) is 4.58. The molecule has 1 heterocycles. The number of hydrogen-bond acceptors (Lipinski definition) is 4. The lowest BCUT2D eigenvalue weighted by molar-refractivity contribution is 0.389. The molecule has 5 heteroatoms. The fourth-order valence-electron chi connectivity index (χ4n) is 2.25. The van der Waals surface area contributed by atoms with Gasteiger partial charge in [0.2, 0.25) is 5.88 Å². The molecule has 1 aromatic carbocycles. The summed E-state index contributed by atoms with van der Waals surface area (Å²) in [6.07, 6.45) is 5.39. The molecular weight excluding hydrogens is 324 g/mol. The molecule has 0 N–H and O–H groups in total. The van der Waals surface area contributed by atoms with Gasteiger partial charge >= 0.3 is 0 Å². The highest BCUT2D eigenvalue weighted by atomic mass is 79.9. The second-order valence-corrected chi connectivity index (χ2v) is 6.29. The second kappa shape index (κ2) is 5.51. The number of aromatic nitrogens is 2. The van der Waals surface area contributed by atoms with E-state index in [9.17, 15) is 0 Å². The van der Waals surface area contributed by atoms with Crippen molar-refractivity contribution >= 4 is 27.7 Å². The molecule has 1 aliphatic rings. The van der Waals surface area contributed by atoms with Crippen LogP contribution in [0.5, 0.6) is 5.88 Å². The Kier molecular flexibility index (Phi) is 3.75. The van der Waals surface area contributed by atoms with Gasteiger partial charge < -0.3 is 4.74 Å². The average Bonchev–Trinajstić information content (AvgIpc) is 2.88. The van der Waals surface area contributed by atoms with Gasteiger partial charge in [-0.05, 0) is 70.2 Å². The van der Waals surface area contributed by atoms with Gasteiger partial charge in [0.1, 0.15) is 0 Å². The van der Waals surface area contributed by atoms with Crippen molar-refractivity contribution in [3.63, 3.8) is 0 Å². The zero-order valence-corrected chi connectivity index (χ0v) is 12.9. The summed E-state index contributed by atoms with van der Waals surface area (Å²) in [5.74, 6) is 0.568. The summed E-state index contributed by atoms with van der Waals surface area (Å²) in [6.45, 7) is 0. The Morgan fingerprint density at radius 1 is 1.26 bits per heavy atom. The Hall–Kier alpha value is -1.07. The van der Waals surface area contributed by atoms with Gasteiger partial charge in [-0.15, -0.1) is 0 Å². The Morgan fingerprint density at radius 3 is 2.95 bits per heavy atom. The monoisotopic (exact) mass is 336 g/mol. The van der Waals surface area contributed by atoms with Crippen molar-refractivity contribution in [2.45, 2.75) is 29.3 Å². The van der Waals surface area contributed by atoms with Crippen molar-refractivity contribution in [2.24, 2.45) is 0 Å². The van der Waals surface area contributed by atoms with Crippen molar-refractivity contribution in [1.29, 1.82) is 0 Å². The molecule has 1 aromatic heterocycles. The number of fused-ring (bicyclic) bond motifs is 1. The van der Waals surface area contributed by atoms with Crippen molar-refractivity contribution in [3.8, 4) is 5.88 Å². The number of methoxy groups -OCH3 is 1. The molecule has 0 spiro atoms. The summed E-state index contributed by atoms with van der Waals surface area (Å²) in [4.78, 5) is 9.85. The fraction of sp³-hybridized carbons (Fsp3) is 0.286. The van der Waals surface area contributed by atoms with Gasteiger partial charge in [0, 0.05) is 11.1 Å². The van der Waals surface area contributed by atoms with Gasteiger partial charge in [-0.1, -0.05) is 6.07 Å². The van der Waals surface area contributed by atoms with Crippen molar-refractivity contribution < 1.29 is 4.74 Å². The first-order chi connectivity index (χ1) is 9.26. The third kappa shape index (κ3) is 2.77. The molecule has 0 unspecified atom stereocenters. The van der Waals surface area contributed by atoms with Gasteiger partial charge in [-0.3, -0.25) is 0 Å². The molecule has 98 valence electrons. The van der Waals surface area contributed by atoms with Crippen molar-refractivity contribution in [3.05, 3.63) is 40.0 Å². The normalized spacial score (nSPS) is 13.4. The minimum atomic E-state index is 0.568. The maximum absolute atomic E-state index is 5.19. The molecule has 0 saturated carbocycles. The molecule has 0 radical (unpaired) electrons. The van der Waals surface area contributed by atoms with E-state index >= 15 is 0 Å². The van der Waals surface area contributed by atoms with Crippen LogP contribution in [0.4, 0.5) is 0 Å². The molecule has 0 fully saturated rings. The number of halogens is 1. The van der Waals surface area contributed by atoms with E-state index in [4.69, 9.17) is 4.74 Å². The lowest BCUT2D eigenvalue weighted by Gasteiger charge is -2.06. The summed E-state index contributed by atoms with van der Waals surface area (Å²) in [7, 11) is 1.61. The topological polar surface area (TPSA) is 35.0 Å². The average molecular weight is 337 g/mol. The molecule has 1 aliphatic carbocycles. The van der Waals surface area contributed by atoms with Gasteiger partial charge in [-0.25, -0.2) is 4.98 Å². The lowest BCUT2D eigenvalue weighted by Crippen LogP contribution is -1.93. The van der Waals surface area contributed by atoms with E-state index in [0.717, 1.165) is 4.47 Å². The first kappa shape index (κ1) is 12.9. The molecule has 0 bridgehead atoms. The Labute approximate surface area is 124 Å². The Morgan fingerprint density at radius 2 is 2.11 bits per heavy atom. The van der Waals surface area contributed by atoms with Crippen LogP contribution in [0, 0.1) is 0 Å². The van der Waals surface area contributed by atoms with Crippen LogP contribution >= 0.6 is 27.7 Å². The fourth-order valence-corrected chi connectivity index (χ4v) is 3.38. The van der Waals surface area contributed by atoms with Gasteiger partial charge in [0.05, 0.1) is 11.6 Å². The van der Waals surface area contributed by atoms with Crippen LogP contribution in [0.3, 0.4) is 0 Å². The van der Waals surface area contributed by atoms with E-state index in [2.05, 4.69) is 44.1 Å². The summed E-state index contributed by atoms with van der Waals surface area (Å²) < 4.78 is 5.96. The molecule has 0 atom stereocenters. The molecule has 0 saturated heterocycles. The van der Waals surface area contributed by atoms with Gasteiger partial charge in [0.25, 0.3) is 0 Å².